The smallest absolute Gasteiger partial charge is 0.299 e. The van der Waals surface area contributed by atoms with Gasteiger partial charge >= 0.3 is 0 Å². The topological polar surface area (TPSA) is 86.6 Å². The molecule has 1 aromatic carbocycles. The fourth-order valence-corrected chi connectivity index (χ4v) is 4.41. The number of fused-ring (bicyclic) bond motifs is 5. The van der Waals surface area contributed by atoms with Gasteiger partial charge in [-0.3, -0.25) is 0 Å². The van der Waals surface area contributed by atoms with Gasteiger partial charge in [0.25, 0.3) is 6.01 Å². The van der Waals surface area contributed by atoms with Crippen molar-refractivity contribution in [3.8, 4) is 5.75 Å². The highest BCUT2D eigenvalue weighted by atomic mass is 32.1. The Morgan fingerprint density at radius 1 is 1.42 bits per heavy atom. The summed E-state index contributed by atoms with van der Waals surface area (Å²) in [5, 5.41) is 0.552. The summed E-state index contributed by atoms with van der Waals surface area (Å²) in [6.45, 7) is 1.07. The maximum Gasteiger partial charge on any atom is 0.299 e. The lowest BCUT2D eigenvalue weighted by molar-refractivity contribution is 0.0579. The fraction of sp³-hybridized carbons (Fsp3) is 0.375. The quantitative estimate of drug-likeness (QED) is 0.761. The molecule has 1 saturated heterocycles. The van der Waals surface area contributed by atoms with Gasteiger partial charge in [0.15, 0.2) is 10.7 Å². The first-order valence-corrected chi connectivity index (χ1v) is 8.40. The summed E-state index contributed by atoms with van der Waals surface area (Å²) < 4.78 is 38.4. The minimum Gasteiger partial charge on any atom is -0.497 e. The normalized spacial score (nSPS) is 25.0. The predicted molar refractivity (Wildman–Crippen MR) is 90.6 cm³/mol. The molecule has 2 atom stereocenters. The number of morpholine rings is 1. The zero-order valence-corrected chi connectivity index (χ0v) is 13.4. The highest BCUT2D eigenvalue weighted by molar-refractivity contribution is 7.15. The number of nitrogens with two attached hydrogens (primary N) is 1. The van der Waals surface area contributed by atoms with Crippen LogP contribution in [0.25, 0.3) is 11.1 Å². The monoisotopic (exact) mass is 347 g/mol. The first-order valence-electron chi connectivity index (χ1n) is 9.08. The van der Waals surface area contributed by atoms with E-state index >= 15 is 0 Å². The maximum absolute atomic E-state index is 7.23. The van der Waals surface area contributed by atoms with Crippen molar-refractivity contribution in [2.24, 2.45) is 0 Å². The molecule has 5 rings (SSSR count). The molecule has 2 N–H and O–H groups in total. The van der Waals surface area contributed by atoms with E-state index in [-0.39, 0.29) is 17.8 Å². The summed E-state index contributed by atoms with van der Waals surface area (Å²) in [4.78, 5) is 12.2. The summed E-state index contributed by atoms with van der Waals surface area (Å²) in [5.41, 5.74) is 8.04. The summed E-state index contributed by atoms with van der Waals surface area (Å²) in [6.07, 6.45) is 0.714. The molecule has 2 aliphatic rings. The minimum atomic E-state index is -2.51. The Labute approximate surface area is 146 Å². The molecule has 0 spiro atoms. The number of methoxy groups -OCH3 is 1. The van der Waals surface area contributed by atoms with Crippen LogP contribution in [0, 0.1) is 0 Å². The molecule has 0 saturated carbocycles. The molecule has 3 aromatic rings. The van der Waals surface area contributed by atoms with E-state index in [1.54, 1.807) is 18.2 Å². The van der Waals surface area contributed by atoms with Crippen molar-refractivity contribution in [2.75, 3.05) is 30.9 Å². The average molecular weight is 347 g/mol. The molecule has 1 fully saturated rings. The van der Waals surface area contributed by atoms with E-state index in [1.807, 2.05) is 0 Å². The van der Waals surface area contributed by atoms with Gasteiger partial charge in [0, 0.05) is 12.5 Å². The van der Waals surface area contributed by atoms with Gasteiger partial charge in [-0.2, -0.15) is 4.98 Å². The summed E-state index contributed by atoms with van der Waals surface area (Å²) >= 11 is 1.47. The second-order valence-corrected chi connectivity index (χ2v) is 6.97. The van der Waals surface area contributed by atoms with Crippen LogP contribution in [0.4, 0.5) is 11.1 Å². The molecule has 124 valence electrons. The molecule has 7 nitrogen and oxygen atoms in total. The van der Waals surface area contributed by atoms with Gasteiger partial charge in [-0.25, -0.2) is 4.98 Å². The van der Waals surface area contributed by atoms with Crippen molar-refractivity contribution in [3.05, 3.63) is 28.8 Å². The number of rotatable bonds is 2. The summed E-state index contributed by atoms with van der Waals surface area (Å²) in [7, 11) is -2.51. The lowest BCUT2D eigenvalue weighted by atomic mass is 9.97. The highest BCUT2D eigenvalue weighted by Crippen LogP contribution is 2.43. The van der Waals surface area contributed by atoms with Gasteiger partial charge < -0.3 is 24.5 Å². The third-order valence-electron chi connectivity index (χ3n) is 4.48. The second kappa shape index (κ2) is 5.09. The number of thiazole rings is 1. The van der Waals surface area contributed by atoms with Crippen molar-refractivity contribution < 1.29 is 18.0 Å². The van der Waals surface area contributed by atoms with Gasteiger partial charge in [0.1, 0.15) is 11.3 Å². The van der Waals surface area contributed by atoms with Crippen molar-refractivity contribution in [3.63, 3.8) is 0 Å². The van der Waals surface area contributed by atoms with Crippen molar-refractivity contribution in [1.82, 2.24) is 9.97 Å². The average Bonchev–Trinajstić information content (AvgIpc) is 3.15. The molecule has 0 unspecified atom stereocenters. The van der Waals surface area contributed by atoms with E-state index in [2.05, 4.69) is 14.9 Å². The third-order valence-corrected chi connectivity index (χ3v) is 5.51. The van der Waals surface area contributed by atoms with E-state index in [0.29, 0.717) is 41.9 Å². The summed E-state index contributed by atoms with van der Waals surface area (Å²) in [5.74, 6) is 0.224. The van der Waals surface area contributed by atoms with Crippen molar-refractivity contribution in [1.29, 1.82) is 0 Å². The van der Waals surface area contributed by atoms with Gasteiger partial charge in [0.05, 0.1) is 47.0 Å². The number of benzene rings is 1. The second-order valence-electron chi connectivity index (χ2n) is 5.91. The number of ether oxygens (including phenoxy) is 2. The van der Waals surface area contributed by atoms with Crippen LogP contribution >= 0.6 is 11.3 Å². The number of hydrogen-bond donors (Lipinski definition) is 1. The number of oxazole rings is 1. The van der Waals surface area contributed by atoms with E-state index in [9.17, 15) is 0 Å². The predicted octanol–water partition coefficient (Wildman–Crippen LogP) is 2.38. The van der Waals surface area contributed by atoms with Crippen LogP contribution < -0.4 is 15.4 Å². The van der Waals surface area contributed by atoms with E-state index in [4.69, 9.17) is 23.7 Å². The maximum atomic E-state index is 7.23. The molecule has 0 amide bonds. The zero-order chi connectivity index (χ0) is 18.8. The molecule has 2 aliphatic heterocycles. The fourth-order valence-electron chi connectivity index (χ4n) is 3.46. The Bertz CT molecular complexity index is 1020. The van der Waals surface area contributed by atoms with Crippen LogP contribution in [-0.4, -0.2) is 36.3 Å². The van der Waals surface area contributed by atoms with Crippen LogP contribution in [0.3, 0.4) is 0 Å². The molecular formula is C16H16N4O3S. The Morgan fingerprint density at radius 3 is 3.29 bits per heavy atom. The van der Waals surface area contributed by atoms with Gasteiger partial charge in [-0.05, 0) is 12.1 Å². The van der Waals surface area contributed by atoms with Crippen LogP contribution in [0.5, 0.6) is 5.75 Å². The minimum absolute atomic E-state index is 0.0477. The molecule has 0 aliphatic carbocycles. The third kappa shape index (κ3) is 1.99. The number of aromatic nitrogens is 2. The van der Waals surface area contributed by atoms with Crippen molar-refractivity contribution in [2.45, 2.75) is 18.5 Å². The molecule has 2 aromatic heterocycles. The van der Waals surface area contributed by atoms with Gasteiger partial charge in [-0.15, -0.1) is 0 Å². The Balaban J connectivity index is 1.53. The summed E-state index contributed by atoms with van der Waals surface area (Å²) in [6, 6.07) is 5.29. The Hall–Kier alpha value is -2.32. The van der Waals surface area contributed by atoms with Gasteiger partial charge in [-0.1, -0.05) is 11.3 Å². The molecule has 8 heteroatoms. The lowest BCUT2D eigenvalue weighted by Gasteiger charge is -2.43. The Morgan fingerprint density at radius 2 is 2.38 bits per heavy atom. The molecular weight excluding hydrogens is 328 g/mol. The standard InChI is InChI=1S/C16H16N4O3S/c1-21-9-2-3-13-10(5-9)19-16(23-13)20-8-4-11-14(24-15(17)18-11)12(20)7-22-6-8/h2-3,5,8,12H,4,6-7H2,1H3,(H2,17,18)/t8-,12-/m0/s1/i1D3. The SMILES string of the molecule is [2H]C([2H])([2H])Oc1ccc2oc(N3[C@@H]4COC[C@H]3c3sc(N)nc3C4)nc2c1. The first kappa shape index (κ1) is 11.3. The van der Waals surface area contributed by atoms with Crippen LogP contribution in [0.15, 0.2) is 22.6 Å². The van der Waals surface area contributed by atoms with E-state index in [1.165, 1.54) is 11.3 Å². The van der Waals surface area contributed by atoms with Crippen molar-refractivity contribution >= 4 is 33.6 Å². The molecule has 0 radical (unpaired) electrons. The van der Waals surface area contributed by atoms with Crippen LogP contribution in [0.1, 0.15) is 20.7 Å². The van der Waals surface area contributed by atoms with E-state index in [0.717, 1.165) is 10.6 Å². The van der Waals surface area contributed by atoms with Crippen LogP contribution in [-0.2, 0) is 11.2 Å². The van der Waals surface area contributed by atoms with Gasteiger partial charge in [0.2, 0.25) is 0 Å². The molecule has 24 heavy (non-hydrogen) atoms. The van der Waals surface area contributed by atoms with Crippen LogP contribution in [0.2, 0.25) is 0 Å². The highest BCUT2D eigenvalue weighted by Gasteiger charge is 2.42. The number of nitrogens with zero attached hydrogens (tertiary/aromatic N) is 3. The largest absolute Gasteiger partial charge is 0.497 e. The lowest BCUT2D eigenvalue weighted by Crippen LogP contribution is -2.51. The number of anilines is 2. The molecule has 4 heterocycles. The zero-order valence-electron chi connectivity index (χ0n) is 15.6. The Kier molecular flexibility index (Phi) is 2.39. The number of hydrogen-bond acceptors (Lipinski definition) is 8. The first-order chi connectivity index (χ1) is 12.9. The number of nitrogen functional groups attached to an aromatic ring is 1. The molecule has 2 bridgehead atoms. The van der Waals surface area contributed by atoms with E-state index < -0.39 is 7.04 Å².